The second-order valence-corrected chi connectivity index (χ2v) is 11.5. The highest BCUT2D eigenvalue weighted by molar-refractivity contribution is 5.82. The number of nitrogens with two attached hydrogens (primary N) is 1. The summed E-state index contributed by atoms with van der Waals surface area (Å²) >= 11 is 0. The van der Waals surface area contributed by atoms with Crippen molar-refractivity contribution in [3.05, 3.63) is 54.1 Å². The van der Waals surface area contributed by atoms with Gasteiger partial charge in [0.1, 0.15) is 17.4 Å². The predicted octanol–water partition coefficient (Wildman–Crippen LogP) is 4.91. The van der Waals surface area contributed by atoms with Gasteiger partial charge in [0.15, 0.2) is 11.5 Å². The van der Waals surface area contributed by atoms with Gasteiger partial charge in [0.25, 0.3) is 0 Å². The topological polar surface area (TPSA) is 151 Å². The van der Waals surface area contributed by atoms with Gasteiger partial charge in [-0.05, 0) is 78.3 Å². The Morgan fingerprint density at radius 3 is 1.87 bits per heavy atom. The molecule has 0 radical (unpaired) electrons. The third-order valence-corrected chi connectivity index (χ3v) is 5.48. The molecule has 39 heavy (non-hydrogen) atoms. The van der Waals surface area contributed by atoms with Gasteiger partial charge in [-0.3, -0.25) is 14.4 Å². The highest BCUT2D eigenvalue weighted by Crippen LogP contribution is 2.34. The molecule has 0 spiro atoms. The number of carbonyl (C=O) groups is 4. The Morgan fingerprint density at radius 2 is 1.36 bits per heavy atom. The molecule has 0 saturated carbocycles. The largest absolute Gasteiger partial charge is 0.514 e. The molecule has 2 atom stereocenters. The third-order valence-electron chi connectivity index (χ3n) is 5.48. The van der Waals surface area contributed by atoms with Crippen molar-refractivity contribution in [3.8, 4) is 17.2 Å². The molecule has 10 nitrogen and oxygen atoms in total. The van der Waals surface area contributed by atoms with Gasteiger partial charge in [0.2, 0.25) is 0 Å². The number of benzene rings is 2. The summed E-state index contributed by atoms with van der Waals surface area (Å²) in [7, 11) is 0. The summed E-state index contributed by atoms with van der Waals surface area (Å²) in [5, 5.41) is 9.95. The maximum absolute atomic E-state index is 12.6. The number of aliphatic carboxylic acids is 1. The van der Waals surface area contributed by atoms with Crippen LogP contribution in [0.5, 0.6) is 17.2 Å². The van der Waals surface area contributed by atoms with E-state index in [0.717, 1.165) is 0 Å². The lowest BCUT2D eigenvalue weighted by molar-refractivity contribution is -0.145. The average molecular weight is 544 g/mol. The van der Waals surface area contributed by atoms with E-state index in [1.54, 1.807) is 71.9 Å². The molecular formula is C29H37NO9. The summed E-state index contributed by atoms with van der Waals surface area (Å²) in [5.41, 5.74) is 3.13. The minimum absolute atomic E-state index is 0.00887. The molecule has 2 rings (SSSR count). The summed E-state index contributed by atoms with van der Waals surface area (Å²) in [6.45, 7) is 11.5. The number of hydrogen-bond donors (Lipinski definition) is 2. The van der Waals surface area contributed by atoms with Crippen LogP contribution in [0.4, 0.5) is 4.79 Å². The monoisotopic (exact) mass is 543 g/mol. The van der Waals surface area contributed by atoms with Crippen LogP contribution < -0.4 is 19.9 Å². The number of ether oxygens (including phenoxy) is 4. The molecule has 0 fully saturated rings. The van der Waals surface area contributed by atoms with Crippen LogP contribution in [-0.4, -0.2) is 40.8 Å². The van der Waals surface area contributed by atoms with Gasteiger partial charge in [-0.25, -0.2) is 4.79 Å². The quantitative estimate of drug-likeness (QED) is 0.253. The molecule has 3 N–H and O–H groups in total. The Bertz CT molecular complexity index is 1200. The van der Waals surface area contributed by atoms with E-state index in [4.69, 9.17) is 24.7 Å². The van der Waals surface area contributed by atoms with Crippen molar-refractivity contribution >= 4 is 24.1 Å². The van der Waals surface area contributed by atoms with Crippen molar-refractivity contribution < 1.29 is 43.2 Å². The lowest BCUT2D eigenvalue weighted by atomic mass is 9.86. The maximum atomic E-state index is 12.6. The zero-order valence-electron chi connectivity index (χ0n) is 23.4. The first-order valence-electron chi connectivity index (χ1n) is 12.4. The Kier molecular flexibility index (Phi) is 9.87. The molecule has 10 heteroatoms. The number of para-hydroxylation sites is 1. The molecule has 0 saturated heterocycles. The van der Waals surface area contributed by atoms with E-state index < -0.39 is 46.5 Å². The van der Waals surface area contributed by atoms with Crippen molar-refractivity contribution in [1.82, 2.24) is 0 Å². The number of carboxylic acid groups (broad SMARTS) is 1. The fourth-order valence-electron chi connectivity index (χ4n) is 3.26. The molecule has 0 bridgehead atoms. The zero-order valence-corrected chi connectivity index (χ0v) is 23.4. The lowest BCUT2D eigenvalue weighted by Gasteiger charge is -2.28. The molecule has 2 aromatic carbocycles. The fourth-order valence-corrected chi connectivity index (χ4v) is 3.26. The maximum Gasteiger partial charge on any atom is 0.514 e. The molecule has 0 aliphatic rings. The fraction of sp³-hybridized carbons (Fsp3) is 0.448. The van der Waals surface area contributed by atoms with Crippen LogP contribution in [0.3, 0.4) is 0 Å². The minimum atomic E-state index is -1.86. The van der Waals surface area contributed by atoms with E-state index in [1.165, 1.54) is 25.1 Å². The van der Waals surface area contributed by atoms with Gasteiger partial charge >= 0.3 is 24.1 Å². The third kappa shape index (κ3) is 9.40. The summed E-state index contributed by atoms with van der Waals surface area (Å²) in [5.74, 6) is -2.22. The highest BCUT2D eigenvalue weighted by Gasteiger charge is 2.38. The molecule has 0 aliphatic carbocycles. The summed E-state index contributed by atoms with van der Waals surface area (Å²) < 4.78 is 21.3. The Balaban J connectivity index is 2.26. The first kappa shape index (κ1) is 31.3. The molecular weight excluding hydrogens is 506 g/mol. The SMILES string of the molecule is C[C@@H](CC(N)(Cc1ccc(OC(=O)C(C)(C)C)c(OC(=O)C(C)(C)C)c1)C(=O)O)OC(=O)Oc1ccccc1. The first-order valence-corrected chi connectivity index (χ1v) is 12.4. The zero-order chi connectivity index (χ0) is 29.6. The molecule has 1 unspecified atom stereocenters. The van der Waals surface area contributed by atoms with Crippen molar-refractivity contribution in [2.75, 3.05) is 0 Å². The van der Waals surface area contributed by atoms with Crippen LogP contribution in [0.1, 0.15) is 60.5 Å². The smallest absolute Gasteiger partial charge is 0.480 e. The van der Waals surface area contributed by atoms with Gasteiger partial charge < -0.3 is 29.8 Å². The van der Waals surface area contributed by atoms with Crippen molar-refractivity contribution in [2.45, 2.75) is 73.0 Å². The molecule has 0 heterocycles. The number of esters is 2. The standard InChI is InChI=1S/C29H37NO9/c1-18(36-26(35)37-20-11-9-8-10-12-20)16-29(30,23(31)32)17-19-13-14-21(38-24(33)27(2,3)4)22(15-19)39-25(34)28(5,6)7/h8-15,18H,16-17,30H2,1-7H3,(H,31,32)/t18-,29?/m0/s1. The van der Waals surface area contributed by atoms with E-state index in [2.05, 4.69) is 0 Å². The minimum Gasteiger partial charge on any atom is -0.480 e. The van der Waals surface area contributed by atoms with Crippen LogP contribution in [0.15, 0.2) is 48.5 Å². The van der Waals surface area contributed by atoms with E-state index in [-0.39, 0.29) is 30.1 Å². The number of carboxylic acids is 1. The van der Waals surface area contributed by atoms with E-state index in [0.29, 0.717) is 5.56 Å². The Morgan fingerprint density at radius 1 is 0.821 bits per heavy atom. The van der Waals surface area contributed by atoms with Crippen LogP contribution in [-0.2, 0) is 25.5 Å². The predicted molar refractivity (Wildman–Crippen MR) is 143 cm³/mol. The van der Waals surface area contributed by atoms with Crippen molar-refractivity contribution in [1.29, 1.82) is 0 Å². The van der Waals surface area contributed by atoms with Crippen molar-refractivity contribution in [2.24, 2.45) is 16.6 Å². The van der Waals surface area contributed by atoms with Crippen LogP contribution >= 0.6 is 0 Å². The van der Waals surface area contributed by atoms with Gasteiger partial charge in [0.05, 0.1) is 10.8 Å². The van der Waals surface area contributed by atoms with E-state index in [9.17, 15) is 24.3 Å². The molecule has 0 aliphatic heterocycles. The van der Waals surface area contributed by atoms with Crippen LogP contribution in [0.25, 0.3) is 0 Å². The summed E-state index contributed by atoms with van der Waals surface area (Å²) in [6.07, 6.45) is -2.36. The van der Waals surface area contributed by atoms with Gasteiger partial charge in [-0.2, -0.15) is 0 Å². The summed E-state index contributed by atoms with van der Waals surface area (Å²) in [6, 6.07) is 12.6. The van der Waals surface area contributed by atoms with E-state index >= 15 is 0 Å². The number of hydrogen-bond acceptors (Lipinski definition) is 9. The van der Waals surface area contributed by atoms with Crippen LogP contribution in [0, 0.1) is 10.8 Å². The lowest BCUT2D eigenvalue weighted by Crippen LogP contribution is -2.52. The molecule has 0 amide bonds. The van der Waals surface area contributed by atoms with Crippen molar-refractivity contribution in [3.63, 3.8) is 0 Å². The molecule has 0 aromatic heterocycles. The molecule has 2 aromatic rings. The molecule has 212 valence electrons. The second-order valence-electron chi connectivity index (χ2n) is 11.5. The second kappa shape index (κ2) is 12.3. The number of carbonyl (C=O) groups excluding carboxylic acids is 3. The highest BCUT2D eigenvalue weighted by atomic mass is 16.7. The Hall–Kier alpha value is -3.92. The van der Waals surface area contributed by atoms with Gasteiger partial charge in [-0.15, -0.1) is 0 Å². The average Bonchev–Trinajstić information content (AvgIpc) is 2.79. The number of rotatable bonds is 9. The summed E-state index contributed by atoms with van der Waals surface area (Å²) in [4.78, 5) is 49.4. The Labute approximate surface area is 228 Å². The van der Waals surface area contributed by atoms with Crippen LogP contribution in [0.2, 0.25) is 0 Å². The first-order chi connectivity index (χ1) is 17.9. The normalized spacial score (nSPS) is 13.9. The van der Waals surface area contributed by atoms with E-state index in [1.807, 2.05) is 0 Å². The van der Waals surface area contributed by atoms with Gasteiger partial charge in [-0.1, -0.05) is 24.3 Å². The van der Waals surface area contributed by atoms with Gasteiger partial charge in [0, 0.05) is 12.8 Å².